The average Bonchev–Trinajstić information content (AvgIpc) is 2.56. The van der Waals surface area contributed by atoms with Crippen molar-refractivity contribution in [3.8, 4) is 11.5 Å². The van der Waals surface area contributed by atoms with Crippen LogP contribution in [0.1, 0.15) is 6.92 Å². The monoisotopic (exact) mass is 384 g/mol. The third kappa shape index (κ3) is 5.23. The molecule has 0 aliphatic heterocycles. The van der Waals surface area contributed by atoms with Crippen LogP contribution in [0.15, 0.2) is 36.4 Å². The molecular formula is C16H14Cl2N2O5. The number of nitro benzene ring substituents is 1. The van der Waals surface area contributed by atoms with Crippen LogP contribution in [0.3, 0.4) is 0 Å². The normalized spacial score (nSPS) is 10.2. The van der Waals surface area contributed by atoms with Gasteiger partial charge in [-0.15, -0.1) is 0 Å². The number of carbonyl (C=O) groups excluding carboxylic acids is 1. The molecule has 1 N–H and O–H groups in total. The third-order valence-electron chi connectivity index (χ3n) is 3.01. The van der Waals surface area contributed by atoms with Gasteiger partial charge >= 0.3 is 5.97 Å². The van der Waals surface area contributed by atoms with Crippen LogP contribution in [0.5, 0.6) is 11.5 Å². The second kappa shape index (κ2) is 8.55. The van der Waals surface area contributed by atoms with Gasteiger partial charge in [0.05, 0.1) is 16.6 Å². The zero-order valence-electron chi connectivity index (χ0n) is 13.1. The molecule has 0 heterocycles. The number of carbonyl (C=O) groups is 1. The minimum absolute atomic E-state index is 0.126. The lowest BCUT2D eigenvalue weighted by Crippen LogP contribution is -2.17. The van der Waals surface area contributed by atoms with Crippen LogP contribution in [0.25, 0.3) is 0 Å². The van der Waals surface area contributed by atoms with Crippen molar-refractivity contribution >= 4 is 40.5 Å². The molecule has 0 atom stereocenters. The van der Waals surface area contributed by atoms with E-state index in [4.69, 9.17) is 32.7 Å². The molecule has 0 spiro atoms. The number of ether oxygens (including phenoxy) is 2. The van der Waals surface area contributed by atoms with Crippen molar-refractivity contribution in [1.82, 2.24) is 0 Å². The summed E-state index contributed by atoms with van der Waals surface area (Å²) in [6.45, 7) is 1.69. The highest BCUT2D eigenvalue weighted by Gasteiger charge is 2.16. The van der Waals surface area contributed by atoms with Crippen LogP contribution in [0, 0.1) is 10.1 Å². The molecule has 2 aromatic carbocycles. The van der Waals surface area contributed by atoms with Crippen LogP contribution in [-0.2, 0) is 9.53 Å². The number of hydrogen-bond donors (Lipinski definition) is 1. The number of nitrogens with zero attached hydrogens (tertiary/aromatic N) is 1. The van der Waals surface area contributed by atoms with E-state index in [-0.39, 0.29) is 24.5 Å². The van der Waals surface area contributed by atoms with Gasteiger partial charge in [0.15, 0.2) is 0 Å². The molecule has 7 nitrogen and oxygen atoms in total. The highest BCUT2D eigenvalue weighted by molar-refractivity contribution is 6.35. The Hall–Kier alpha value is -2.51. The predicted molar refractivity (Wildman–Crippen MR) is 94.8 cm³/mol. The Morgan fingerprint density at radius 2 is 2.00 bits per heavy atom. The summed E-state index contributed by atoms with van der Waals surface area (Å²) in [5, 5.41) is 14.6. The van der Waals surface area contributed by atoms with E-state index < -0.39 is 10.9 Å². The highest BCUT2D eigenvalue weighted by atomic mass is 35.5. The molecule has 0 fully saturated rings. The van der Waals surface area contributed by atoms with Gasteiger partial charge in [-0.05, 0) is 31.2 Å². The molecule has 0 aliphatic carbocycles. The van der Waals surface area contributed by atoms with E-state index >= 15 is 0 Å². The average molecular weight is 385 g/mol. The van der Waals surface area contributed by atoms with Crippen molar-refractivity contribution in [2.75, 3.05) is 18.5 Å². The molecular weight excluding hydrogens is 371 g/mol. The van der Waals surface area contributed by atoms with Crippen molar-refractivity contribution in [2.24, 2.45) is 0 Å². The van der Waals surface area contributed by atoms with E-state index in [0.29, 0.717) is 21.5 Å². The number of nitrogens with one attached hydrogen (secondary N) is 1. The second-order valence-corrected chi connectivity index (χ2v) is 5.62. The van der Waals surface area contributed by atoms with Gasteiger partial charge in [0.25, 0.3) is 5.69 Å². The molecule has 25 heavy (non-hydrogen) atoms. The zero-order valence-corrected chi connectivity index (χ0v) is 14.6. The summed E-state index contributed by atoms with van der Waals surface area (Å²) in [7, 11) is 0. The van der Waals surface area contributed by atoms with Crippen LogP contribution in [0.4, 0.5) is 11.4 Å². The summed E-state index contributed by atoms with van der Waals surface area (Å²) in [6.07, 6.45) is 0. The van der Waals surface area contributed by atoms with E-state index in [1.54, 1.807) is 19.1 Å². The zero-order chi connectivity index (χ0) is 18.4. The van der Waals surface area contributed by atoms with Crippen molar-refractivity contribution in [3.63, 3.8) is 0 Å². The van der Waals surface area contributed by atoms with Crippen molar-refractivity contribution in [2.45, 2.75) is 6.92 Å². The Balaban J connectivity index is 2.23. The van der Waals surface area contributed by atoms with E-state index in [9.17, 15) is 14.9 Å². The first-order chi connectivity index (χ1) is 11.9. The maximum atomic E-state index is 11.4. The third-order valence-corrected chi connectivity index (χ3v) is 3.55. The summed E-state index contributed by atoms with van der Waals surface area (Å²) in [5.41, 5.74) is -0.0699. The summed E-state index contributed by atoms with van der Waals surface area (Å²) >= 11 is 11.9. The Bertz CT molecular complexity index is 798. The number of anilines is 1. The van der Waals surface area contributed by atoms with Crippen LogP contribution in [-0.4, -0.2) is 24.0 Å². The van der Waals surface area contributed by atoms with Gasteiger partial charge in [-0.1, -0.05) is 23.2 Å². The Kier molecular flexibility index (Phi) is 6.44. The van der Waals surface area contributed by atoms with Gasteiger partial charge in [-0.2, -0.15) is 0 Å². The van der Waals surface area contributed by atoms with Crippen LogP contribution >= 0.6 is 23.2 Å². The van der Waals surface area contributed by atoms with E-state index in [1.165, 1.54) is 24.3 Å². The summed E-state index contributed by atoms with van der Waals surface area (Å²) in [4.78, 5) is 22.0. The van der Waals surface area contributed by atoms with Gasteiger partial charge in [0.2, 0.25) is 0 Å². The molecule has 0 amide bonds. The van der Waals surface area contributed by atoms with Gasteiger partial charge < -0.3 is 14.8 Å². The Morgan fingerprint density at radius 3 is 2.64 bits per heavy atom. The molecule has 0 radical (unpaired) electrons. The summed E-state index contributed by atoms with van der Waals surface area (Å²) in [5.74, 6) is 0.126. The van der Waals surface area contributed by atoms with E-state index in [2.05, 4.69) is 5.32 Å². The fraction of sp³-hybridized carbons (Fsp3) is 0.188. The summed E-state index contributed by atoms with van der Waals surface area (Å²) in [6, 6.07) is 8.81. The van der Waals surface area contributed by atoms with Gasteiger partial charge in [-0.25, -0.2) is 0 Å². The number of halogens is 2. The molecule has 2 rings (SSSR count). The maximum absolute atomic E-state index is 11.4. The second-order valence-electron chi connectivity index (χ2n) is 4.77. The molecule has 9 heteroatoms. The molecule has 0 bridgehead atoms. The Morgan fingerprint density at radius 1 is 1.24 bits per heavy atom. The minimum atomic E-state index is -0.563. The Labute approximate surface area is 153 Å². The molecule has 2 aromatic rings. The molecule has 0 aromatic heterocycles. The lowest BCUT2D eigenvalue weighted by Gasteiger charge is -2.11. The lowest BCUT2D eigenvalue weighted by atomic mass is 10.2. The predicted octanol–water partition coefficient (Wildman–Crippen LogP) is 4.67. The highest BCUT2D eigenvalue weighted by Crippen LogP contribution is 2.35. The number of rotatable bonds is 7. The number of hydrogen-bond acceptors (Lipinski definition) is 6. The first kappa shape index (κ1) is 18.8. The van der Waals surface area contributed by atoms with Gasteiger partial charge in [0.1, 0.15) is 23.7 Å². The van der Waals surface area contributed by atoms with E-state index in [1.807, 2.05) is 0 Å². The molecule has 0 saturated carbocycles. The van der Waals surface area contributed by atoms with Crippen molar-refractivity contribution in [1.29, 1.82) is 0 Å². The SMILES string of the molecule is CCOC(=O)CNc1cc(Oc2ccc(Cl)cc2Cl)ccc1[N+](=O)[O-]. The number of esters is 1. The topological polar surface area (TPSA) is 90.7 Å². The van der Waals surface area contributed by atoms with Gasteiger partial charge in [0, 0.05) is 17.2 Å². The smallest absolute Gasteiger partial charge is 0.325 e. The van der Waals surface area contributed by atoms with Gasteiger partial charge in [-0.3, -0.25) is 14.9 Å². The maximum Gasteiger partial charge on any atom is 0.325 e. The molecule has 0 saturated heterocycles. The fourth-order valence-electron chi connectivity index (χ4n) is 1.94. The number of nitro groups is 1. The number of benzene rings is 2. The van der Waals surface area contributed by atoms with Crippen molar-refractivity contribution < 1.29 is 19.2 Å². The van der Waals surface area contributed by atoms with E-state index in [0.717, 1.165) is 0 Å². The summed E-state index contributed by atoms with van der Waals surface area (Å²) < 4.78 is 10.4. The molecule has 0 aliphatic rings. The molecule has 132 valence electrons. The fourth-order valence-corrected chi connectivity index (χ4v) is 2.39. The van der Waals surface area contributed by atoms with Crippen LogP contribution in [0.2, 0.25) is 10.0 Å². The largest absolute Gasteiger partial charge is 0.465 e. The quantitative estimate of drug-likeness (QED) is 0.423. The first-order valence-corrected chi connectivity index (χ1v) is 7.97. The van der Waals surface area contributed by atoms with Crippen molar-refractivity contribution in [3.05, 3.63) is 56.6 Å². The lowest BCUT2D eigenvalue weighted by molar-refractivity contribution is -0.384. The van der Waals surface area contributed by atoms with Crippen LogP contribution < -0.4 is 10.1 Å². The molecule has 0 unspecified atom stereocenters. The standard InChI is InChI=1S/C16H14Cl2N2O5/c1-2-24-16(21)9-19-13-8-11(4-5-14(13)20(22)23)25-15-6-3-10(17)7-12(15)18/h3-8,19H,2,9H2,1H3. The minimum Gasteiger partial charge on any atom is -0.465 e. The first-order valence-electron chi connectivity index (χ1n) is 7.21.